The minimum Gasteiger partial charge on any atom is -0.375 e. The molecule has 6 heteroatoms. The average Bonchev–Trinajstić information content (AvgIpc) is 2.67. The van der Waals surface area contributed by atoms with Crippen LogP contribution in [0.5, 0.6) is 0 Å². The third-order valence-electron chi connectivity index (χ3n) is 3.28. The highest BCUT2D eigenvalue weighted by molar-refractivity contribution is 9.10. The van der Waals surface area contributed by atoms with Crippen molar-refractivity contribution in [1.29, 1.82) is 0 Å². The molecule has 0 aliphatic carbocycles. The van der Waals surface area contributed by atoms with Gasteiger partial charge in [0.05, 0.1) is 28.6 Å². The Labute approximate surface area is 121 Å². The number of carbonyl (C=O) groups is 1. The van der Waals surface area contributed by atoms with Gasteiger partial charge in [-0.05, 0) is 29.8 Å². The van der Waals surface area contributed by atoms with E-state index in [9.17, 15) is 4.79 Å². The zero-order valence-corrected chi connectivity index (χ0v) is 13.0. The van der Waals surface area contributed by atoms with Crippen molar-refractivity contribution in [3.8, 4) is 0 Å². The largest absolute Gasteiger partial charge is 0.375 e. The third kappa shape index (κ3) is 3.64. The van der Waals surface area contributed by atoms with Gasteiger partial charge in [0.2, 0.25) is 0 Å². The molecule has 106 valence electrons. The molecule has 1 fully saturated rings. The second kappa shape index (κ2) is 6.63. The molecule has 0 aromatic carbocycles. The highest BCUT2D eigenvalue weighted by Gasteiger charge is 2.20. The van der Waals surface area contributed by atoms with Crippen molar-refractivity contribution >= 4 is 21.7 Å². The summed E-state index contributed by atoms with van der Waals surface area (Å²) < 4.78 is 8.40. The van der Waals surface area contributed by atoms with Crippen LogP contribution in [0.25, 0.3) is 0 Å². The fourth-order valence-electron chi connectivity index (χ4n) is 2.30. The lowest BCUT2D eigenvalue weighted by molar-refractivity contribution is -0.121. The maximum atomic E-state index is 12.1. The molecule has 5 nitrogen and oxygen atoms in total. The summed E-state index contributed by atoms with van der Waals surface area (Å²) in [5.74, 6) is 0.198. The van der Waals surface area contributed by atoms with E-state index in [-0.39, 0.29) is 11.9 Å². The van der Waals surface area contributed by atoms with E-state index < -0.39 is 0 Å². The third-order valence-corrected chi connectivity index (χ3v) is 4.31. The first-order valence-electron chi connectivity index (χ1n) is 6.67. The molecule has 1 unspecified atom stereocenters. The number of halogens is 1. The standard InChI is InChI=1S/C13H20BrN3O2/c1-3-17-12(13(14)9(2)16-17)7-10(18)6-11-8-15-4-5-19-11/h11,15H,3-8H2,1-2H3. The number of hydrogen-bond acceptors (Lipinski definition) is 4. The Kier molecular flexibility index (Phi) is 5.13. The first-order chi connectivity index (χ1) is 9.11. The van der Waals surface area contributed by atoms with Crippen LogP contribution in [-0.2, 0) is 22.5 Å². The molecular weight excluding hydrogens is 310 g/mol. The lowest BCUT2D eigenvalue weighted by Crippen LogP contribution is -2.39. The summed E-state index contributed by atoms with van der Waals surface area (Å²) in [6, 6.07) is 0. The van der Waals surface area contributed by atoms with Crippen molar-refractivity contribution in [2.24, 2.45) is 0 Å². The number of hydrogen-bond donors (Lipinski definition) is 1. The zero-order chi connectivity index (χ0) is 13.8. The van der Waals surface area contributed by atoms with Gasteiger partial charge in [-0.15, -0.1) is 0 Å². The van der Waals surface area contributed by atoms with Crippen LogP contribution in [0.1, 0.15) is 24.7 Å². The van der Waals surface area contributed by atoms with E-state index in [1.54, 1.807) is 0 Å². The number of ether oxygens (including phenoxy) is 1. The van der Waals surface area contributed by atoms with Crippen LogP contribution < -0.4 is 5.32 Å². The van der Waals surface area contributed by atoms with Gasteiger partial charge in [0.1, 0.15) is 5.78 Å². The average molecular weight is 330 g/mol. The lowest BCUT2D eigenvalue weighted by atomic mass is 10.1. The minimum atomic E-state index is 0.0131. The van der Waals surface area contributed by atoms with Crippen LogP contribution in [0, 0.1) is 6.92 Å². The molecule has 2 rings (SSSR count). The topological polar surface area (TPSA) is 56.2 Å². The van der Waals surface area contributed by atoms with Gasteiger partial charge in [0.15, 0.2) is 0 Å². The number of morpholine rings is 1. The van der Waals surface area contributed by atoms with Gasteiger partial charge in [-0.1, -0.05) is 0 Å². The van der Waals surface area contributed by atoms with Crippen LogP contribution >= 0.6 is 15.9 Å². The van der Waals surface area contributed by atoms with Crippen LogP contribution in [0.2, 0.25) is 0 Å². The lowest BCUT2D eigenvalue weighted by Gasteiger charge is -2.22. The summed E-state index contributed by atoms with van der Waals surface area (Å²) in [6.45, 7) is 7.07. The van der Waals surface area contributed by atoms with Crippen molar-refractivity contribution < 1.29 is 9.53 Å². The summed E-state index contributed by atoms with van der Waals surface area (Å²) in [6.07, 6.45) is 0.891. The molecule has 0 spiro atoms. The highest BCUT2D eigenvalue weighted by atomic mass is 79.9. The highest BCUT2D eigenvalue weighted by Crippen LogP contribution is 2.22. The van der Waals surface area contributed by atoms with Gasteiger partial charge in [0, 0.05) is 32.5 Å². The van der Waals surface area contributed by atoms with Crippen LogP contribution in [0.15, 0.2) is 4.47 Å². The molecule has 0 bridgehead atoms. The summed E-state index contributed by atoms with van der Waals surface area (Å²) in [5, 5.41) is 7.64. The Hall–Kier alpha value is -0.720. The Balaban J connectivity index is 1.98. The Morgan fingerprint density at radius 3 is 3.05 bits per heavy atom. The molecule has 1 N–H and O–H groups in total. The van der Waals surface area contributed by atoms with E-state index in [1.807, 2.05) is 18.5 Å². The van der Waals surface area contributed by atoms with E-state index in [2.05, 4.69) is 26.3 Å². The quantitative estimate of drug-likeness (QED) is 0.888. The number of ketones is 1. The molecule has 0 saturated carbocycles. The van der Waals surface area contributed by atoms with Gasteiger partial charge in [0.25, 0.3) is 0 Å². The minimum absolute atomic E-state index is 0.0131. The molecule has 1 aliphatic heterocycles. The van der Waals surface area contributed by atoms with E-state index in [0.29, 0.717) is 19.4 Å². The molecule has 2 heterocycles. The van der Waals surface area contributed by atoms with Gasteiger partial charge < -0.3 is 10.1 Å². The predicted octanol–water partition coefficient (Wildman–Crippen LogP) is 1.46. The molecule has 0 radical (unpaired) electrons. The first-order valence-corrected chi connectivity index (χ1v) is 7.47. The SMILES string of the molecule is CCn1nc(C)c(Br)c1CC(=O)CC1CNCCO1. The number of aromatic nitrogens is 2. The number of carbonyl (C=O) groups excluding carboxylic acids is 1. The van der Waals surface area contributed by atoms with Crippen LogP contribution in [-0.4, -0.2) is 41.4 Å². The smallest absolute Gasteiger partial charge is 0.141 e. The summed E-state index contributed by atoms with van der Waals surface area (Å²) >= 11 is 3.52. The summed E-state index contributed by atoms with van der Waals surface area (Å²) in [5.41, 5.74) is 1.90. The second-order valence-corrected chi connectivity index (χ2v) is 5.57. The van der Waals surface area contributed by atoms with Gasteiger partial charge in [-0.3, -0.25) is 9.48 Å². The maximum absolute atomic E-state index is 12.1. The van der Waals surface area contributed by atoms with Crippen molar-refractivity contribution in [3.05, 3.63) is 15.9 Å². The van der Waals surface area contributed by atoms with E-state index >= 15 is 0 Å². The predicted molar refractivity (Wildman–Crippen MR) is 76.3 cm³/mol. The Morgan fingerprint density at radius 1 is 1.63 bits per heavy atom. The number of nitrogens with one attached hydrogen (secondary N) is 1. The van der Waals surface area contributed by atoms with Crippen molar-refractivity contribution in [2.75, 3.05) is 19.7 Å². The van der Waals surface area contributed by atoms with Crippen molar-refractivity contribution in [2.45, 2.75) is 39.3 Å². The molecular formula is C13H20BrN3O2. The van der Waals surface area contributed by atoms with E-state index in [0.717, 1.165) is 35.5 Å². The van der Waals surface area contributed by atoms with Crippen LogP contribution in [0.3, 0.4) is 0 Å². The Bertz CT molecular complexity index is 453. The first kappa shape index (κ1) is 14.7. The number of nitrogens with zero attached hydrogens (tertiary/aromatic N) is 2. The molecule has 0 amide bonds. The molecule has 19 heavy (non-hydrogen) atoms. The monoisotopic (exact) mass is 329 g/mol. The second-order valence-electron chi connectivity index (χ2n) is 4.78. The molecule has 1 saturated heterocycles. The molecule has 1 aromatic heterocycles. The van der Waals surface area contributed by atoms with Crippen molar-refractivity contribution in [3.63, 3.8) is 0 Å². The Morgan fingerprint density at radius 2 is 2.42 bits per heavy atom. The summed E-state index contributed by atoms with van der Waals surface area (Å²) in [4.78, 5) is 12.1. The maximum Gasteiger partial charge on any atom is 0.141 e. The van der Waals surface area contributed by atoms with Crippen LogP contribution in [0.4, 0.5) is 0 Å². The normalized spacial score (nSPS) is 19.6. The van der Waals surface area contributed by atoms with E-state index in [4.69, 9.17) is 4.74 Å². The fourth-order valence-corrected chi connectivity index (χ4v) is 2.73. The molecule has 1 atom stereocenters. The zero-order valence-electron chi connectivity index (χ0n) is 11.4. The number of rotatable bonds is 5. The van der Waals surface area contributed by atoms with E-state index in [1.165, 1.54) is 0 Å². The summed E-state index contributed by atoms with van der Waals surface area (Å²) in [7, 11) is 0. The fraction of sp³-hybridized carbons (Fsp3) is 0.692. The number of Topliss-reactive ketones (excluding diaryl/α,β-unsaturated/α-hetero) is 1. The molecule has 1 aliphatic rings. The van der Waals surface area contributed by atoms with Gasteiger partial charge in [-0.25, -0.2) is 0 Å². The van der Waals surface area contributed by atoms with Gasteiger partial charge >= 0.3 is 0 Å². The van der Waals surface area contributed by atoms with Crippen molar-refractivity contribution in [1.82, 2.24) is 15.1 Å². The molecule has 1 aromatic rings. The van der Waals surface area contributed by atoms with Gasteiger partial charge in [-0.2, -0.15) is 5.10 Å². The number of aryl methyl sites for hydroxylation is 2.